The van der Waals surface area contributed by atoms with Crippen LogP contribution in [-0.2, 0) is 14.4 Å². The van der Waals surface area contributed by atoms with Crippen LogP contribution < -0.4 is 0 Å². The highest BCUT2D eigenvalue weighted by Crippen LogP contribution is 2.32. The van der Waals surface area contributed by atoms with Crippen molar-refractivity contribution in [3.63, 3.8) is 0 Å². The largest absolute Gasteiger partial charge is 0.470 e. The van der Waals surface area contributed by atoms with Gasteiger partial charge in [-0.25, -0.2) is 3.21 Å². The summed E-state index contributed by atoms with van der Waals surface area (Å²) in [6, 6.07) is 0. The topological polar surface area (TPSA) is 64.8 Å². The molecule has 0 spiro atoms. The van der Waals surface area contributed by atoms with Gasteiger partial charge in [0, 0.05) is 28.1 Å². The summed E-state index contributed by atoms with van der Waals surface area (Å²) >= 11 is 8.93. The van der Waals surface area contributed by atoms with E-state index in [9.17, 15) is 0 Å². The molecule has 1 aliphatic rings. The van der Waals surface area contributed by atoms with Crippen LogP contribution in [0.1, 0.15) is 16.7 Å². The molecule has 124 valence electrons. The molecular formula is C13H11I4N3O3. The first-order valence-electron chi connectivity index (χ1n) is 6.28. The Balaban J connectivity index is 2.77. The highest BCUT2D eigenvalue weighted by Gasteiger charge is 2.27. The second kappa shape index (κ2) is 9.30. The molecule has 0 radical (unpaired) electrons. The summed E-state index contributed by atoms with van der Waals surface area (Å²) in [5.41, 5.74) is 3.45. The van der Waals surface area contributed by atoms with Gasteiger partial charge in [-0.1, -0.05) is 5.16 Å². The fraction of sp³-hybridized carbons (Fsp3) is 0.308. The van der Waals surface area contributed by atoms with E-state index in [0.717, 1.165) is 23.8 Å². The van der Waals surface area contributed by atoms with Crippen LogP contribution in [-0.4, -0.2) is 38.1 Å². The molecule has 0 atom stereocenters. The quantitative estimate of drug-likeness (QED) is 0.199. The van der Waals surface area contributed by atoms with Gasteiger partial charge in [-0.3, -0.25) is 0 Å². The van der Waals surface area contributed by atoms with Crippen LogP contribution in [0.2, 0.25) is 0 Å². The van der Waals surface area contributed by atoms with Crippen molar-refractivity contribution >= 4 is 108 Å². The summed E-state index contributed by atoms with van der Waals surface area (Å²) in [7, 11) is 1.49. The van der Waals surface area contributed by atoms with E-state index < -0.39 is 0 Å². The monoisotopic (exact) mass is 765 g/mol. The second-order valence-electron chi connectivity index (χ2n) is 4.28. The number of ether oxygens (including phenoxy) is 1. The molecule has 0 aromatic heterocycles. The van der Waals surface area contributed by atoms with Gasteiger partial charge in [0.05, 0.1) is 22.9 Å². The minimum atomic E-state index is 0.315. The van der Waals surface area contributed by atoms with Crippen LogP contribution in [0.3, 0.4) is 0 Å². The minimum Gasteiger partial charge on any atom is -0.470 e. The zero-order valence-corrected chi connectivity index (χ0v) is 20.7. The van der Waals surface area contributed by atoms with Gasteiger partial charge in [0.15, 0.2) is 12.3 Å². The highest BCUT2D eigenvalue weighted by molar-refractivity contribution is 14.1. The van der Waals surface area contributed by atoms with Gasteiger partial charge in [-0.2, -0.15) is 0 Å². The minimum absolute atomic E-state index is 0.315. The van der Waals surface area contributed by atoms with Crippen LogP contribution in [0.5, 0.6) is 0 Å². The summed E-state index contributed by atoms with van der Waals surface area (Å²) in [6.07, 6.45) is 1.81. The Bertz CT molecular complexity index is 704. The first kappa shape index (κ1) is 19.9. The number of hydrogen-bond donors (Lipinski definition) is 0. The zero-order valence-electron chi connectivity index (χ0n) is 12.1. The predicted molar refractivity (Wildman–Crippen MR) is 124 cm³/mol. The molecule has 0 N–H and O–H groups in total. The number of oxime groups is 2. The van der Waals surface area contributed by atoms with E-state index >= 15 is 0 Å². The number of halogens is 4. The lowest BCUT2D eigenvalue weighted by Gasteiger charge is -2.19. The first-order chi connectivity index (χ1) is 11.0. The third-order valence-corrected chi connectivity index (χ3v) is 8.82. The number of nitrogens with zero attached hydrogens (tertiary/aromatic N) is 3. The Morgan fingerprint density at radius 1 is 1.22 bits per heavy atom. The maximum absolute atomic E-state index is 5.61. The third-order valence-electron chi connectivity index (χ3n) is 2.97. The smallest absolute Gasteiger partial charge is 0.280 e. The SMILES string of the molecule is CO/N=C(/C1=NOCCO1)c1c(I)c(I)c(I)c(C)c1C=NI. The molecule has 6 nitrogen and oxygen atoms in total. The fourth-order valence-electron chi connectivity index (χ4n) is 1.94. The Labute approximate surface area is 188 Å². The Hall–Kier alpha value is 0.550. The van der Waals surface area contributed by atoms with Crippen molar-refractivity contribution in [3.8, 4) is 0 Å². The van der Waals surface area contributed by atoms with E-state index in [1.54, 1.807) is 6.21 Å². The molecule has 1 heterocycles. The number of hydrogen-bond acceptors (Lipinski definition) is 6. The Morgan fingerprint density at radius 2 is 1.96 bits per heavy atom. The molecule has 0 saturated heterocycles. The van der Waals surface area contributed by atoms with Gasteiger partial charge in [0.25, 0.3) is 5.90 Å². The molecular weight excluding hydrogens is 754 g/mol. The average Bonchev–Trinajstić information content (AvgIpc) is 2.57. The van der Waals surface area contributed by atoms with Crippen LogP contribution in [0.4, 0.5) is 0 Å². The van der Waals surface area contributed by atoms with Gasteiger partial charge < -0.3 is 14.4 Å². The molecule has 0 saturated carbocycles. The van der Waals surface area contributed by atoms with Gasteiger partial charge in [-0.05, 0) is 85.4 Å². The molecule has 0 unspecified atom stereocenters. The highest BCUT2D eigenvalue weighted by atomic mass is 127. The van der Waals surface area contributed by atoms with Gasteiger partial charge in [-0.15, -0.1) is 0 Å². The van der Waals surface area contributed by atoms with Crippen molar-refractivity contribution in [1.82, 2.24) is 0 Å². The Morgan fingerprint density at radius 3 is 2.52 bits per heavy atom. The molecule has 23 heavy (non-hydrogen) atoms. The van der Waals surface area contributed by atoms with Crippen LogP contribution in [0.15, 0.2) is 13.5 Å². The van der Waals surface area contributed by atoms with Crippen molar-refractivity contribution in [2.45, 2.75) is 6.92 Å². The van der Waals surface area contributed by atoms with E-state index in [0.29, 0.717) is 24.8 Å². The summed E-state index contributed by atoms with van der Waals surface area (Å²) in [5, 5.41) is 8.12. The van der Waals surface area contributed by atoms with E-state index in [4.69, 9.17) is 14.4 Å². The summed E-state index contributed by atoms with van der Waals surface area (Å²) < 4.78 is 13.1. The lowest BCUT2D eigenvalue weighted by molar-refractivity contribution is 0.0672. The van der Waals surface area contributed by atoms with Gasteiger partial charge in [0.1, 0.15) is 13.7 Å². The normalized spacial score (nSPS) is 15.2. The first-order valence-corrected chi connectivity index (χ1v) is 10.5. The van der Waals surface area contributed by atoms with Crippen molar-refractivity contribution in [3.05, 3.63) is 27.4 Å². The van der Waals surface area contributed by atoms with E-state index in [-0.39, 0.29) is 0 Å². The second-order valence-corrected chi connectivity index (χ2v) is 8.08. The number of rotatable bonds is 4. The van der Waals surface area contributed by atoms with Crippen LogP contribution >= 0.6 is 90.6 Å². The molecule has 10 heteroatoms. The summed E-state index contributed by atoms with van der Waals surface area (Å²) in [6.45, 7) is 2.90. The van der Waals surface area contributed by atoms with E-state index in [1.165, 1.54) is 10.7 Å². The fourth-order valence-corrected chi connectivity index (χ4v) is 4.78. The molecule has 0 bridgehead atoms. The van der Waals surface area contributed by atoms with Crippen molar-refractivity contribution in [1.29, 1.82) is 0 Å². The summed E-state index contributed by atoms with van der Waals surface area (Å²) in [5.74, 6) is 0.315. The maximum atomic E-state index is 5.61. The van der Waals surface area contributed by atoms with E-state index in [1.807, 2.05) is 22.9 Å². The van der Waals surface area contributed by atoms with Crippen LogP contribution in [0.25, 0.3) is 0 Å². The molecule has 0 aliphatic carbocycles. The lowest BCUT2D eigenvalue weighted by atomic mass is 9.99. The van der Waals surface area contributed by atoms with Crippen LogP contribution in [0, 0.1) is 17.6 Å². The standard InChI is InChI=1S/C13H11I4N3O3/c1-6-7(5-18-17)8(10(15)11(16)9(6)14)12(19-21-2)13-20-23-4-3-22-13/h5H,3-4H2,1-2H3/b18-5?,19-12+. The van der Waals surface area contributed by atoms with Gasteiger partial charge in [0.2, 0.25) is 0 Å². The Kier molecular flexibility index (Phi) is 8.04. The molecule has 1 aromatic rings. The average molecular weight is 765 g/mol. The molecule has 0 amide bonds. The molecule has 0 fully saturated rings. The summed E-state index contributed by atoms with van der Waals surface area (Å²) in [4.78, 5) is 10.2. The number of benzene rings is 1. The van der Waals surface area contributed by atoms with Crippen molar-refractivity contribution in [2.75, 3.05) is 20.3 Å². The predicted octanol–water partition coefficient (Wildman–Crippen LogP) is 4.29. The molecule has 1 aromatic carbocycles. The zero-order chi connectivity index (χ0) is 17.0. The molecule has 2 rings (SSSR count). The maximum Gasteiger partial charge on any atom is 0.280 e. The molecule has 1 aliphatic heterocycles. The van der Waals surface area contributed by atoms with E-state index in [2.05, 4.69) is 88.2 Å². The van der Waals surface area contributed by atoms with Gasteiger partial charge >= 0.3 is 0 Å². The van der Waals surface area contributed by atoms with Crippen molar-refractivity contribution in [2.24, 2.45) is 13.5 Å². The van der Waals surface area contributed by atoms with Crippen molar-refractivity contribution < 1.29 is 14.4 Å². The lowest BCUT2D eigenvalue weighted by Crippen LogP contribution is -2.28. The third kappa shape index (κ3) is 4.39.